The van der Waals surface area contributed by atoms with Crippen LogP contribution >= 0.6 is 0 Å². The van der Waals surface area contributed by atoms with Crippen molar-refractivity contribution < 1.29 is 26.7 Å². The largest absolute Gasteiger partial charge is 0.495 e. The minimum atomic E-state index is -4.33. The number of amides is 1. The van der Waals surface area contributed by atoms with Crippen molar-refractivity contribution in [2.24, 2.45) is 0 Å². The van der Waals surface area contributed by atoms with E-state index in [1.807, 2.05) is 0 Å². The molecule has 6 nitrogen and oxygen atoms in total. The van der Waals surface area contributed by atoms with Crippen LogP contribution in [0.15, 0.2) is 71.6 Å². The molecule has 0 bridgehead atoms. The molecule has 1 amide bonds. The molecular weight excluding hydrogens is 402 g/mol. The molecule has 150 valence electrons. The molecule has 0 atom stereocenters. The van der Waals surface area contributed by atoms with Gasteiger partial charge in [0.2, 0.25) is 0 Å². The number of carbonyl (C=O) groups is 1. The number of hydrogen-bond acceptors (Lipinski definition) is 4. The molecule has 3 aromatic rings. The van der Waals surface area contributed by atoms with E-state index >= 15 is 0 Å². The van der Waals surface area contributed by atoms with Crippen molar-refractivity contribution in [3.05, 3.63) is 83.9 Å². The Balaban J connectivity index is 1.91. The first-order valence-corrected chi connectivity index (χ1v) is 9.81. The smallest absolute Gasteiger partial charge is 0.262 e. The molecule has 0 aromatic heterocycles. The van der Waals surface area contributed by atoms with Gasteiger partial charge in [-0.2, -0.15) is 0 Å². The molecule has 0 saturated heterocycles. The van der Waals surface area contributed by atoms with Crippen molar-refractivity contribution in [2.45, 2.75) is 4.90 Å². The summed E-state index contributed by atoms with van der Waals surface area (Å²) in [5.74, 6) is -2.24. The van der Waals surface area contributed by atoms with Gasteiger partial charge >= 0.3 is 0 Å². The number of ether oxygens (including phenoxy) is 1. The Hall–Kier alpha value is -3.46. The fourth-order valence-electron chi connectivity index (χ4n) is 2.60. The van der Waals surface area contributed by atoms with Gasteiger partial charge in [0.15, 0.2) is 0 Å². The first kappa shape index (κ1) is 20.3. The van der Waals surface area contributed by atoms with E-state index in [1.54, 1.807) is 30.3 Å². The van der Waals surface area contributed by atoms with Gasteiger partial charge in [0.25, 0.3) is 15.9 Å². The maximum Gasteiger partial charge on any atom is 0.262 e. The van der Waals surface area contributed by atoms with Crippen molar-refractivity contribution in [3.8, 4) is 5.75 Å². The molecule has 0 fully saturated rings. The van der Waals surface area contributed by atoms with Gasteiger partial charge in [-0.15, -0.1) is 0 Å². The normalized spacial score (nSPS) is 11.0. The van der Waals surface area contributed by atoms with Gasteiger partial charge in [0.05, 0.1) is 28.9 Å². The van der Waals surface area contributed by atoms with Crippen LogP contribution in [-0.2, 0) is 10.0 Å². The molecule has 3 aromatic carbocycles. The zero-order valence-electron chi connectivity index (χ0n) is 15.1. The number of methoxy groups -OCH3 is 1. The second-order valence-corrected chi connectivity index (χ2v) is 7.59. The summed E-state index contributed by atoms with van der Waals surface area (Å²) in [7, 11) is -2.89. The van der Waals surface area contributed by atoms with E-state index in [-0.39, 0.29) is 11.3 Å². The lowest BCUT2D eigenvalue weighted by Gasteiger charge is -2.14. The Morgan fingerprint density at radius 1 is 0.897 bits per heavy atom. The van der Waals surface area contributed by atoms with Gasteiger partial charge in [-0.25, -0.2) is 17.2 Å². The highest BCUT2D eigenvalue weighted by Gasteiger charge is 2.20. The highest BCUT2D eigenvalue weighted by atomic mass is 32.2. The van der Waals surface area contributed by atoms with Crippen LogP contribution in [0.1, 0.15) is 10.4 Å². The Morgan fingerprint density at radius 3 is 2.14 bits per heavy atom. The highest BCUT2D eigenvalue weighted by Crippen LogP contribution is 2.26. The summed E-state index contributed by atoms with van der Waals surface area (Å²) < 4.78 is 59.3. The van der Waals surface area contributed by atoms with E-state index < -0.39 is 32.5 Å². The summed E-state index contributed by atoms with van der Waals surface area (Å²) in [5, 5.41) is 2.64. The van der Waals surface area contributed by atoms with E-state index in [1.165, 1.54) is 25.3 Å². The topological polar surface area (TPSA) is 84.5 Å². The number of nitrogens with one attached hydrogen (secondary N) is 2. The average Bonchev–Trinajstić information content (AvgIpc) is 2.67. The van der Waals surface area contributed by atoms with Crippen molar-refractivity contribution in [3.63, 3.8) is 0 Å². The van der Waals surface area contributed by atoms with E-state index in [0.29, 0.717) is 29.6 Å². The number of halogens is 2. The number of benzene rings is 3. The number of hydrogen-bond donors (Lipinski definition) is 2. The molecule has 0 aliphatic carbocycles. The average molecular weight is 418 g/mol. The molecular formula is C20H16F2N2O4S. The van der Waals surface area contributed by atoms with Crippen LogP contribution in [0.3, 0.4) is 0 Å². The highest BCUT2D eigenvalue weighted by molar-refractivity contribution is 7.92. The van der Waals surface area contributed by atoms with E-state index in [0.717, 1.165) is 0 Å². The van der Waals surface area contributed by atoms with Crippen LogP contribution in [0, 0.1) is 11.6 Å². The quantitative estimate of drug-likeness (QED) is 0.633. The minimum absolute atomic E-state index is 0.0128. The summed E-state index contributed by atoms with van der Waals surface area (Å²) in [6, 6.07) is 14.5. The molecule has 29 heavy (non-hydrogen) atoms. The lowest BCUT2D eigenvalue weighted by Crippen LogP contribution is -2.19. The molecule has 0 radical (unpaired) electrons. The monoisotopic (exact) mass is 418 g/mol. The summed E-state index contributed by atoms with van der Waals surface area (Å²) in [6.45, 7) is 0. The van der Waals surface area contributed by atoms with Gasteiger partial charge in [-0.05, 0) is 36.4 Å². The number of rotatable bonds is 6. The summed E-state index contributed by atoms with van der Waals surface area (Å²) in [5.41, 5.74) is 0.355. The molecule has 3 rings (SSSR count). The van der Waals surface area contributed by atoms with Crippen molar-refractivity contribution >= 4 is 27.3 Å². The fourth-order valence-corrected chi connectivity index (χ4v) is 3.72. The Morgan fingerprint density at radius 2 is 1.48 bits per heavy atom. The fraction of sp³-hybridized carbons (Fsp3) is 0.0500. The van der Waals surface area contributed by atoms with E-state index in [9.17, 15) is 22.0 Å². The number of carbonyl (C=O) groups excluding carboxylic acids is 1. The maximum atomic E-state index is 13.4. The molecule has 0 aliphatic heterocycles. The molecule has 2 N–H and O–H groups in total. The number of anilines is 2. The van der Waals surface area contributed by atoms with E-state index in [4.69, 9.17) is 4.74 Å². The predicted molar refractivity (Wildman–Crippen MR) is 105 cm³/mol. The first-order chi connectivity index (χ1) is 13.8. The lowest BCUT2D eigenvalue weighted by molar-refractivity contribution is 0.102. The van der Waals surface area contributed by atoms with Crippen molar-refractivity contribution in [1.82, 2.24) is 0 Å². The molecule has 9 heteroatoms. The second-order valence-electron chi connectivity index (χ2n) is 5.91. The second kappa shape index (κ2) is 8.27. The van der Waals surface area contributed by atoms with Gasteiger partial charge < -0.3 is 10.1 Å². The van der Waals surface area contributed by atoms with Crippen LogP contribution < -0.4 is 14.8 Å². The zero-order chi connectivity index (χ0) is 21.0. The van der Waals surface area contributed by atoms with Crippen molar-refractivity contribution in [1.29, 1.82) is 0 Å². The van der Waals surface area contributed by atoms with Gasteiger partial charge in [0.1, 0.15) is 17.4 Å². The maximum absolute atomic E-state index is 13.4. The van der Waals surface area contributed by atoms with Crippen molar-refractivity contribution in [2.75, 3.05) is 17.1 Å². The number of sulfonamides is 1. The lowest BCUT2D eigenvalue weighted by atomic mass is 10.1. The van der Waals surface area contributed by atoms with E-state index in [2.05, 4.69) is 10.0 Å². The Labute approximate surface area is 166 Å². The third-order valence-electron chi connectivity index (χ3n) is 3.92. The van der Waals surface area contributed by atoms with Crippen LogP contribution in [-0.4, -0.2) is 21.4 Å². The van der Waals surface area contributed by atoms with Gasteiger partial charge in [-0.1, -0.05) is 24.3 Å². The summed E-state index contributed by atoms with van der Waals surface area (Å²) in [4.78, 5) is 12.1. The van der Waals surface area contributed by atoms with Gasteiger partial charge in [-0.3, -0.25) is 9.52 Å². The Kier molecular flexibility index (Phi) is 5.79. The van der Waals surface area contributed by atoms with Crippen LogP contribution in [0.25, 0.3) is 0 Å². The summed E-state index contributed by atoms with van der Waals surface area (Å²) in [6.07, 6.45) is 0. The van der Waals surface area contributed by atoms with Crippen LogP contribution in [0.4, 0.5) is 20.2 Å². The predicted octanol–water partition coefficient (Wildman–Crippen LogP) is 4.03. The molecule has 0 saturated carbocycles. The van der Waals surface area contributed by atoms with Crippen LogP contribution in [0.2, 0.25) is 0 Å². The minimum Gasteiger partial charge on any atom is -0.495 e. The third-order valence-corrected chi connectivity index (χ3v) is 5.26. The molecule has 0 unspecified atom stereocenters. The summed E-state index contributed by atoms with van der Waals surface area (Å²) >= 11 is 0. The number of para-hydroxylation sites is 3. The Bertz CT molecular complexity index is 1150. The zero-order valence-corrected chi connectivity index (χ0v) is 16.0. The molecule has 0 aliphatic rings. The van der Waals surface area contributed by atoms with Gasteiger partial charge in [0, 0.05) is 6.07 Å². The van der Waals surface area contributed by atoms with Crippen LogP contribution in [0.5, 0.6) is 5.75 Å². The molecule has 0 spiro atoms. The molecule has 0 heterocycles. The first-order valence-electron chi connectivity index (χ1n) is 8.32. The SMILES string of the molecule is COc1ccccc1NC(=O)c1ccccc1NS(=O)(=O)c1cc(F)cc(F)c1. The third kappa shape index (κ3) is 4.69. The standard InChI is InChI=1S/C20H16F2N2O4S/c1-28-19-9-5-4-8-18(19)23-20(25)16-6-2-3-7-17(16)24-29(26,27)15-11-13(21)10-14(22)12-15/h2-12,24H,1H3,(H,23,25).